The van der Waals surface area contributed by atoms with Crippen LogP contribution in [0.15, 0.2) is 103 Å². The number of ether oxygens (including phenoxy) is 1. The Kier molecular flexibility index (Phi) is 2.97. The number of hydrogen-bond donors (Lipinski definition) is 0. The van der Waals surface area contributed by atoms with Gasteiger partial charge in [-0.15, -0.1) is 0 Å². The number of fused-ring (bicyclic) bond motifs is 11. The highest BCUT2D eigenvalue weighted by Gasteiger charge is 2.51. The molecule has 5 aromatic rings. The van der Waals surface area contributed by atoms with Gasteiger partial charge in [-0.3, -0.25) is 4.98 Å². The third-order valence-corrected chi connectivity index (χ3v) is 6.57. The fourth-order valence-corrected chi connectivity index (χ4v) is 5.48. The molecule has 30 heavy (non-hydrogen) atoms. The van der Waals surface area contributed by atoms with Gasteiger partial charge in [0, 0.05) is 28.3 Å². The first-order valence-electron chi connectivity index (χ1n) is 10.2. The van der Waals surface area contributed by atoms with Crippen molar-refractivity contribution in [3.63, 3.8) is 0 Å². The Labute approximate surface area is 174 Å². The third kappa shape index (κ3) is 1.77. The number of hydrogen-bond acceptors (Lipinski definition) is 2. The highest BCUT2D eigenvalue weighted by Crippen LogP contribution is 2.62. The van der Waals surface area contributed by atoms with E-state index in [-0.39, 0.29) is 0 Å². The predicted molar refractivity (Wildman–Crippen MR) is 119 cm³/mol. The topological polar surface area (TPSA) is 22.1 Å². The van der Waals surface area contributed by atoms with Crippen molar-refractivity contribution in [2.75, 3.05) is 0 Å². The monoisotopic (exact) mass is 383 g/mol. The minimum Gasteiger partial charge on any atom is -0.457 e. The van der Waals surface area contributed by atoms with Gasteiger partial charge in [-0.25, -0.2) is 0 Å². The number of aromatic nitrogens is 1. The van der Waals surface area contributed by atoms with E-state index in [9.17, 15) is 0 Å². The summed E-state index contributed by atoms with van der Waals surface area (Å²) in [4.78, 5) is 4.81. The van der Waals surface area contributed by atoms with Crippen molar-refractivity contribution in [2.45, 2.75) is 5.41 Å². The number of benzene rings is 4. The van der Waals surface area contributed by atoms with Crippen LogP contribution in [0, 0.1) is 0 Å². The first-order chi connectivity index (χ1) is 14.9. The summed E-state index contributed by atoms with van der Waals surface area (Å²) in [5, 5.41) is 1.19. The van der Waals surface area contributed by atoms with E-state index < -0.39 is 5.41 Å². The molecular weight excluding hydrogens is 366 g/mol. The van der Waals surface area contributed by atoms with Crippen LogP contribution in [0.25, 0.3) is 22.0 Å². The molecule has 2 nitrogen and oxygen atoms in total. The lowest BCUT2D eigenvalue weighted by Crippen LogP contribution is -2.32. The third-order valence-electron chi connectivity index (χ3n) is 6.57. The van der Waals surface area contributed by atoms with E-state index in [0.717, 1.165) is 17.0 Å². The molecule has 1 spiro atoms. The average Bonchev–Trinajstić information content (AvgIpc) is 3.11. The molecule has 1 aromatic heterocycles. The van der Waals surface area contributed by atoms with Crippen molar-refractivity contribution >= 4 is 10.9 Å². The second-order valence-corrected chi connectivity index (χ2v) is 7.95. The number of pyridine rings is 1. The zero-order valence-electron chi connectivity index (χ0n) is 16.2. The molecule has 0 saturated heterocycles. The molecule has 0 bridgehead atoms. The lowest BCUT2D eigenvalue weighted by molar-refractivity contribution is 0.437. The normalized spacial score (nSPS) is 14.5. The van der Waals surface area contributed by atoms with Gasteiger partial charge in [0.15, 0.2) is 0 Å². The second kappa shape index (κ2) is 5.58. The van der Waals surface area contributed by atoms with E-state index in [1.54, 1.807) is 0 Å². The van der Waals surface area contributed by atoms with Crippen LogP contribution in [-0.2, 0) is 5.41 Å². The van der Waals surface area contributed by atoms with E-state index in [1.165, 1.54) is 38.8 Å². The second-order valence-electron chi connectivity index (χ2n) is 7.95. The molecule has 0 amide bonds. The Hall–Kier alpha value is -3.91. The molecule has 0 unspecified atom stereocenters. The van der Waals surface area contributed by atoms with Crippen LogP contribution in [-0.4, -0.2) is 4.98 Å². The fraction of sp³-hybridized carbons (Fsp3) is 0.0357. The standard InChI is InChI=1S/C28H17NO/c1-3-11-21-18(9-1)20-17-29-24-14-6-2-10-19(24)27(20)28(21)22-12-4-7-15-25(22)30-26-16-8-5-13-23(26)28/h1-17H. The van der Waals surface area contributed by atoms with Crippen molar-refractivity contribution in [3.8, 4) is 22.6 Å². The van der Waals surface area contributed by atoms with Crippen LogP contribution in [0.2, 0.25) is 0 Å². The zero-order valence-corrected chi connectivity index (χ0v) is 16.2. The summed E-state index contributed by atoms with van der Waals surface area (Å²) in [7, 11) is 0. The summed E-state index contributed by atoms with van der Waals surface area (Å²) in [6.45, 7) is 0. The van der Waals surface area contributed by atoms with Crippen LogP contribution in [0.4, 0.5) is 0 Å². The van der Waals surface area contributed by atoms with Gasteiger partial charge in [0.25, 0.3) is 0 Å². The summed E-state index contributed by atoms with van der Waals surface area (Å²) in [5.74, 6) is 1.83. The maximum atomic E-state index is 6.39. The van der Waals surface area contributed by atoms with Gasteiger partial charge < -0.3 is 4.74 Å². The van der Waals surface area contributed by atoms with Gasteiger partial charge in [-0.1, -0.05) is 78.9 Å². The van der Waals surface area contributed by atoms with Crippen LogP contribution < -0.4 is 4.74 Å². The van der Waals surface area contributed by atoms with Crippen LogP contribution in [0.3, 0.4) is 0 Å². The van der Waals surface area contributed by atoms with Crippen molar-refractivity contribution in [1.29, 1.82) is 0 Å². The zero-order chi connectivity index (χ0) is 19.7. The highest BCUT2D eigenvalue weighted by molar-refractivity contribution is 5.99. The van der Waals surface area contributed by atoms with Gasteiger partial charge in [0.1, 0.15) is 11.5 Å². The molecule has 2 aliphatic rings. The SMILES string of the molecule is c1ccc2c(c1)Oc1ccccc1C21c2ccccc2-c2cnc3ccccc3c21. The van der Waals surface area contributed by atoms with E-state index in [1.807, 2.05) is 18.3 Å². The van der Waals surface area contributed by atoms with E-state index in [2.05, 4.69) is 84.9 Å². The molecule has 0 fully saturated rings. The minimum atomic E-state index is -0.431. The van der Waals surface area contributed by atoms with Crippen molar-refractivity contribution < 1.29 is 4.74 Å². The fourth-order valence-electron chi connectivity index (χ4n) is 5.48. The lowest BCUT2D eigenvalue weighted by atomic mass is 9.65. The number of rotatable bonds is 0. The van der Waals surface area contributed by atoms with Gasteiger partial charge >= 0.3 is 0 Å². The van der Waals surface area contributed by atoms with Gasteiger partial charge in [-0.2, -0.15) is 0 Å². The van der Waals surface area contributed by atoms with E-state index >= 15 is 0 Å². The Morgan fingerprint density at radius 2 is 1.17 bits per heavy atom. The summed E-state index contributed by atoms with van der Waals surface area (Å²) in [5.41, 5.74) is 8.01. The molecule has 140 valence electrons. The molecule has 1 aliphatic heterocycles. The minimum absolute atomic E-state index is 0.431. The number of para-hydroxylation sites is 3. The van der Waals surface area contributed by atoms with Crippen molar-refractivity contribution in [1.82, 2.24) is 4.98 Å². The Morgan fingerprint density at radius 3 is 1.93 bits per heavy atom. The maximum Gasteiger partial charge on any atom is 0.132 e. The first-order valence-corrected chi connectivity index (χ1v) is 10.2. The smallest absolute Gasteiger partial charge is 0.132 e. The van der Waals surface area contributed by atoms with E-state index in [0.29, 0.717) is 0 Å². The summed E-state index contributed by atoms with van der Waals surface area (Å²) in [6, 6.07) is 34.1. The van der Waals surface area contributed by atoms with Crippen LogP contribution in [0.1, 0.15) is 22.3 Å². The first kappa shape index (κ1) is 15.9. The van der Waals surface area contributed by atoms with Crippen molar-refractivity contribution in [2.24, 2.45) is 0 Å². The molecule has 4 aromatic carbocycles. The summed E-state index contributed by atoms with van der Waals surface area (Å²) >= 11 is 0. The molecule has 1 aliphatic carbocycles. The molecule has 0 atom stereocenters. The quantitative estimate of drug-likeness (QED) is 0.291. The maximum absolute atomic E-state index is 6.39. The largest absolute Gasteiger partial charge is 0.457 e. The van der Waals surface area contributed by atoms with Gasteiger partial charge in [0.2, 0.25) is 0 Å². The Bertz CT molecular complexity index is 1440. The lowest BCUT2D eigenvalue weighted by Gasteiger charge is -2.39. The molecule has 2 heteroatoms. The predicted octanol–water partition coefficient (Wildman–Crippen LogP) is 6.70. The van der Waals surface area contributed by atoms with Gasteiger partial charge in [0.05, 0.1) is 10.9 Å². The van der Waals surface area contributed by atoms with Crippen LogP contribution >= 0.6 is 0 Å². The van der Waals surface area contributed by atoms with Gasteiger partial charge in [-0.05, 0) is 34.9 Å². The molecule has 0 radical (unpaired) electrons. The van der Waals surface area contributed by atoms with Crippen molar-refractivity contribution in [3.05, 3.63) is 126 Å². The highest BCUT2D eigenvalue weighted by atomic mass is 16.5. The Balaban J connectivity index is 1.78. The molecule has 0 saturated carbocycles. The summed E-state index contributed by atoms with van der Waals surface area (Å²) < 4.78 is 6.39. The average molecular weight is 383 g/mol. The molecule has 2 heterocycles. The van der Waals surface area contributed by atoms with E-state index in [4.69, 9.17) is 9.72 Å². The molecule has 7 rings (SSSR count). The molecule has 0 N–H and O–H groups in total. The summed E-state index contributed by atoms with van der Waals surface area (Å²) in [6.07, 6.45) is 2.05. The van der Waals surface area contributed by atoms with Crippen LogP contribution in [0.5, 0.6) is 11.5 Å². The Morgan fingerprint density at radius 1 is 0.567 bits per heavy atom. The number of nitrogens with zero attached hydrogens (tertiary/aromatic N) is 1. The molecular formula is C28H17NO.